The van der Waals surface area contributed by atoms with Crippen molar-refractivity contribution in [3.05, 3.63) is 47.2 Å². The summed E-state index contributed by atoms with van der Waals surface area (Å²) in [7, 11) is 2.12. The number of likely N-dealkylation sites (tertiary alicyclic amines) is 1. The van der Waals surface area contributed by atoms with E-state index in [2.05, 4.69) is 28.2 Å². The molecule has 5 aliphatic rings. The molecule has 1 aromatic carbocycles. The van der Waals surface area contributed by atoms with Crippen LogP contribution in [0.5, 0.6) is 11.5 Å². The van der Waals surface area contributed by atoms with E-state index in [1.165, 1.54) is 27.7 Å². The highest BCUT2D eigenvalue weighted by Gasteiger charge is 2.65. The van der Waals surface area contributed by atoms with Gasteiger partial charge in [-0.15, -0.1) is 10.2 Å². The van der Waals surface area contributed by atoms with E-state index in [1.807, 2.05) is 12.1 Å². The molecule has 15 heteroatoms. The molecular formula is C33H37N3O12. The lowest BCUT2D eigenvalue weighted by Crippen LogP contribution is -2.66. The SMILES string of the molecule is CC(=O)Oc1ccc2c3c1O[C@H]1[C@@H](O[C@@H]4O[C@H](c5nnc(C)o5)[C@@H](OC(C)=O)[C@H](OC(C)=O)[C@H]4OC(C)=O)C=C[C@H]4[C@@H](C2)N(C)CC[C@@]341. The van der Waals surface area contributed by atoms with Crippen LogP contribution in [0.2, 0.25) is 0 Å². The number of carbonyl (C=O) groups excluding carboxylic acids is 4. The quantitative estimate of drug-likeness (QED) is 0.181. The molecule has 10 atom stereocenters. The highest BCUT2D eigenvalue weighted by molar-refractivity contribution is 5.72. The van der Waals surface area contributed by atoms with Crippen molar-refractivity contribution < 1.29 is 56.8 Å². The molecule has 1 aromatic heterocycles. The summed E-state index contributed by atoms with van der Waals surface area (Å²) in [5.41, 5.74) is 1.59. The van der Waals surface area contributed by atoms with Crippen LogP contribution in [0.3, 0.4) is 0 Å². The second-order valence-corrected chi connectivity index (χ2v) is 12.9. The zero-order valence-corrected chi connectivity index (χ0v) is 27.4. The molecule has 0 radical (unpaired) electrons. The summed E-state index contributed by atoms with van der Waals surface area (Å²) in [5, 5.41) is 7.96. The monoisotopic (exact) mass is 667 g/mol. The molecule has 3 aliphatic heterocycles. The van der Waals surface area contributed by atoms with Crippen LogP contribution in [0.15, 0.2) is 28.7 Å². The maximum atomic E-state index is 12.5. The van der Waals surface area contributed by atoms with E-state index < -0.39 is 72.2 Å². The largest absolute Gasteiger partial charge is 0.482 e. The lowest BCUT2D eigenvalue weighted by atomic mass is 9.53. The number of hydrogen-bond donors (Lipinski definition) is 0. The fourth-order valence-corrected chi connectivity index (χ4v) is 8.23. The molecule has 0 amide bonds. The first-order chi connectivity index (χ1) is 22.9. The van der Waals surface area contributed by atoms with E-state index in [1.54, 1.807) is 13.0 Å². The lowest BCUT2D eigenvalue weighted by molar-refractivity contribution is -0.320. The second-order valence-electron chi connectivity index (χ2n) is 12.9. The highest BCUT2D eigenvalue weighted by Crippen LogP contribution is 2.63. The van der Waals surface area contributed by atoms with Crippen molar-refractivity contribution in [2.24, 2.45) is 5.92 Å². The van der Waals surface area contributed by atoms with Crippen molar-refractivity contribution in [2.45, 2.75) is 102 Å². The van der Waals surface area contributed by atoms with E-state index in [4.69, 9.17) is 37.6 Å². The molecule has 0 unspecified atom stereocenters. The van der Waals surface area contributed by atoms with Gasteiger partial charge in [-0.3, -0.25) is 19.2 Å². The van der Waals surface area contributed by atoms with E-state index in [0.29, 0.717) is 11.5 Å². The summed E-state index contributed by atoms with van der Waals surface area (Å²) >= 11 is 0. The Balaban J connectivity index is 1.30. The van der Waals surface area contributed by atoms with Gasteiger partial charge in [-0.05, 0) is 38.1 Å². The summed E-state index contributed by atoms with van der Waals surface area (Å²) in [6.45, 7) is 7.26. The summed E-state index contributed by atoms with van der Waals surface area (Å²) in [5.74, 6) is -1.57. The van der Waals surface area contributed by atoms with E-state index in [0.717, 1.165) is 30.5 Å². The van der Waals surface area contributed by atoms with Gasteiger partial charge < -0.3 is 42.5 Å². The number of aromatic nitrogens is 2. The smallest absolute Gasteiger partial charge is 0.308 e. The Hall–Kier alpha value is -4.34. The van der Waals surface area contributed by atoms with Crippen molar-refractivity contribution in [1.82, 2.24) is 15.1 Å². The molecule has 7 rings (SSSR count). The van der Waals surface area contributed by atoms with Crippen molar-refractivity contribution in [1.29, 1.82) is 0 Å². The number of likely N-dealkylation sites (N-methyl/N-ethyl adjacent to an activating group) is 1. The topological polar surface area (TPSA) is 175 Å². The zero-order valence-electron chi connectivity index (χ0n) is 27.4. The number of aryl methyl sites for hydroxylation is 1. The third-order valence-corrected chi connectivity index (χ3v) is 9.85. The molecule has 48 heavy (non-hydrogen) atoms. The van der Waals surface area contributed by atoms with Gasteiger partial charge in [0.05, 0.1) is 0 Å². The molecule has 2 aliphatic carbocycles. The Labute approximate surface area is 275 Å². The molecule has 2 saturated heterocycles. The van der Waals surface area contributed by atoms with Crippen LogP contribution in [-0.4, -0.2) is 95.4 Å². The first-order valence-electron chi connectivity index (χ1n) is 15.9. The number of benzene rings is 1. The van der Waals surface area contributed by atoms with Crippen molar-refractivity contribution in [3.8, 4) is 11.5 Å². The predicted molar refractivity (Wildman–Crippen MR) is 159 cm³/mol. The number of hydrogen-bond acceptors (Lipinski definition) is 15. The fourth-order valence-electron chi connectivity index (χ4n) is 8.23. The van der Waals surface area contributed by atoms with Crippen LogP contribution in [-0.2, 0) is 54.7 Å². The minimum absolute atomic E-state index is 0.0609. The average Bonchev–Trinajstić information content (AvgIpc) is 3.60. The molecule has 2 bridgehead atoms. The number of esters is 4. The standard InChI is InChI=1S/C33H37N3O12/c1-14-34-35-31(41-14)28-26(43-16(3)38)27(44-17(4)39)29(45-18(5)40)32(48-28)46-23-10-8-20-21-13-19-7-9-22(42-15(2)37)25-24(19)33(20,30(23)47-25)11-12-36(21)6/h7-10,20-21,23,26-30,32H,11-13H2,1-6H3/t20-,21+,23-,26-,27-,28-,29+,30-,32+,33-/m0/s1. The van der Waals surface area contributed by atoms with Gasteiger partial charge in [-0.2, -0.15) is 0 Å². The Bertz CT molecular complexity index is 1690. The van der Waals surface area contributed by atoms with Gasteiger partial charge in [0.25, 0.3) is 0 Å². The Morgan fingerprint density at radius 1 is 0.917 bits per heavy atom. The molecule has 15 nitrogen and oxygen atoms in total. The first kappa shape index (κ1) is 32.2. The van der Waals surface area contributed by atoms with Gasteiger partial charge in [0.2, 0.25) is 18.1 Å². The van der Waals surface area contributed by atoms with Crippen molar-refractivity contribution in [2.75, 3.05) is 13.6 Å². The predicted octanol–water partition coefficient (Wildman–Crippen LogP) is 2.03. The Kier molecular flexibility index (Phi) is 8.03. The maximum Gasteiger partial charge on any atom is 0.308 e. The molecule has 256 valence electrons. The number of piperidine rings is 1. The van der Waals surface area contributed by atoms with Crippen LogP contribution < -0.4 is 9.47 Å². The molecule has 0 N–H and O–H groups in total. The molecule has 2 fully saturated rings. The van der Waals surface area contributed by atoms with Crippen LogP contribution in [0.1, 0.15) is 63.1 Å². The minimum atomic E-state index is -1.39. The summed E-state index contributed by atoms with van der Waals surface area (Å²) in [6.07, 6.45) is -2.57. The molecule has 0 saturated carbocycles. The molecule has 2 aromatic rings. The van der Waals surface area contributed by atoms with Gasteiger partial charge in [0, 0.05) is 57.6 Å². The lowest BCUT2D eigenvalue weighted by Gasteiger charge is -2.57. The molecule has 4 heterocycles. The second kappa shape index (κ2) is 12.0. The summed E-state index contributed by atoms with van der Waals surface area (Å²) in [4.78, 5) is 51.6. The van der Waals surface area contributed by atoms with E-state index in [-0.39, 0.29) is 23.7 Å². The fraction of sp³-hybridized carbons (Fsp3) is 0.576. The number of ether oxygens (including phenoxy) is 7. The maximum absolute atomic E-state index is 12.5. The van der Waals surface area contributed by atoms with Crippen LogP contribution in [0, 0.1) is 12.8 Å². The van der Waals surface area contributed by atoms with E-state index in [9.17, 15) is 19.2 Å². The highest BCUT2D eigenvalue weighted by atomic mass is 16.7. The van der Waals surface area contributed by atoms with Gasteiger partial charge in [0.15, 0.2) is 35.9 Å². The number of nitrogens with zero attached hydrogens (tertiary/aromatic N) is 3. The van der Waals surface area contributed by atoms with E-state index >= 15 is 0 Å². The minimum Gasteiger partial charge on any atom is -0.482 e. The Morgan fingerprint density at radius 3 is 2.29 bits per heavy atom. The third-order valence-electron chi connectivity index (χ3n) is 9.85. The van der Waals surface area contributed by atoms with Crippen LogP contribution in [0.25, 0.3) is 0 Å². The molecule has 1 spiro atoms. The first-order valence-corrected chi connectivity index (χ1v) is 15.9. The number of carbonyl (C=O) groups is 4. The van der Waals surface area contributed by atoms with Crippen LogP contribution in [0.4, 0.5) is 0 Å². The third kappa shape index (κ3) is 5.24. The molecular weight excluding hydrogens is 630 g/mol. The summed E-state index contributed by atoms with van der Waals surface area (Å²) < 4.78 is 48.1. The van der Waals surface area contributed by atoms with Gasteiger partial charge in [-0.1, -0.05) is 18.2 Å². The Morgan fingerprint density at radius 2 is 1.62 bits per heavy atom. The summed E-state index contributed by atoms with van der Waals surface area (Å²) in [6, 6.07) is 3.96. The van der Waals surface area contributed by atoms with Gasteiger partial charge in [-0.25, -0.2) is 0 Å². The zero-order chi connectivity index (χ0) is 34.1. The van der Waals surface area contributed by atoms with Gasteiger partial charge in [0.1, 0.15) is 12.2 Å². The van der Waals surface area contributed by atoms with Crippen LogP contribution >= 0.6 is 0 Å². The normalized spacial score (nSPS) is 34.4. The average molecular weight is 668 g/mol. The van der Waals surface area contributed by atoms with Crippen molar-refractivity contribution >= 4 is 23.9 Å². The van der Waals surface area contributed by atoms with Crippen molar-refractivity contribution in [3.63, 3.8) is 0 Å². The number of rotatable bonds is 7. The van der Waals surface area contributed by atoms with Gasteiger partial charge >= 0.3 is 23.9 Å².